The lowest BCUT2D eigenvalue weighted by Gasteiger charge is -2.17. The van der Waals surface area contributed by atoms with Crippen molar-refractivity contribution in [3.05, 3.63) is 78.6 Å². The molecule has 4 N–H and O–H groups in total. The highest BCUT2D eigenvalue weighted by molar-refractivity contribution is 5.84. The van der Waals surface area contributed by atoms with Gasteiger partial charge in [-0.1, -0.05) is 42.5 Å². The maximum Gasteiger partial charge on any atom is 0.231 e. The summed E-state index contributed by atoms with van der Waals surface area (Å²) in [6.45, 7) is 2.04. The van der Waals surface area contributed by atoms with E-state index in [4.69, 9.17) is 10.8 Å². The van der Waals surface area contributed by atoms with Crippen molar-refractivity contribution in [3.8, 4) is 16.9 Å². The third kappa shape index (κ3) is 3.36. The van der Waals surface area contributed by atoms with E-state index in [1.807, 2.05) is 73.8 Å². The maximum absolute atomic E-state index is 5.82. The Bertz CT molecular complexity index is 1040. The van der Waals surface area contributed by atoms with Gasteiger partial charge in [-0.15, -0.1) is 0 Å². The predicted molar refractivity (Wildman–Crippen MR) is 107 cm³/mol. The Balaban J connectivity index is 1.91. The molecule has 0 saturated carbocycles. The molecule has 0 unspecified atom stereocenters. The van der Waals surface area contributed by atoms with Crippen LogP contribution in [0.5, 0.6) is 0 Å². The molecule has 7 heteroatoms. The molecule has 2 aromatic heterocycles. The maximum atomic E-state index is 5.82. The van der Waals surface area contributed by atoms with Crippen molar-refractivity contribution in [2.24, 2.45) is 5.84 Å². The molecule has 134 valence electrons. The molecule has 7 nitrogen and oxygen atoms in total. The number of nitrogens with one attached hydrogen (secondary N) is 2. The third-order valence-electron chi connectivity index (χ3n) is 4.19. The highest BCUT2D eigenvalue weighted by atomic mass is 15.3. The molecule has 2 heterocycles. The molecule has 0 aliphatic rings. The lowest BCUT2D eigenvalue weighted by Crippen LogP contribution is -2.15. The molecular weight excluding hydrogens is 338 g/mol. The van der Waals surface area contributed by atoms with Crippen molar-refractivity contribution in [2.45, 2.75) is 6.92 Å². The molecule has 0 fully saturated rings. The minimum absolute atomic E-state index is 0.428. The van der Waals surface area contributed by atoms with Gasteiger partial charge in [0.05, 0.1) is 5.56 Å². The number of nitrogen functional groups attached to an aromatic ring is 1. The standard InChI is InChI=1S/C20H19N7/c1-14-8-5-6-11-16(14)17-18(26-21)24-20(23-15-9-3-2-4-10-15)25-19(17)27-13-7-12-22-27/h2-13H,21H2,1H3,(H2,23,24,25,26). The summed E-state index contributed by atoms with van der Waals surface area (Å²) >= 11 is 0. The van der Waals surface area contributed by atoms with Crippen LogP contribution in [0.1, 0.15) is 5.56 Å². The van der Waals surface area contributed by atoms with E-state index in [1.54, 1.807) is 10.9 Å². The van der Waals surface area contributed by atoms with E-state index in [2.05, 4.69) is 20.8 Å². The number of benzene rings is 2. The molecule has 4 rings (SSSR count). The number of nitrogens with two attached hydrogens (primary N) is 1. The van der Waals surface area contributed by atoms with Crippen LogP contribution in [0.25, 0.3) is 16.9 Å². The van der Waals surface area contributed by atoms with Gasteiger partial charge in [0.15, 0.2) is 11.6 Å². The monoisotopic (exact) mass is 357 g/mol. The number of anilines is 3. The molecular formula is C20H19N7. The molecule has 0 spiro atoms. The van der Waals surface area contributed by atoms with Gasteiger partial charge in [-0.05, 0) is 36.2 Å². The topological polar surface area (TPSA) is 93.7 Å². The van der Waals surface area contributed by atoms with Crippen molar-refractivity contribution >= 4 is 17.5 Å². The fourth-order valence-electron chi connectivity index (χ4n) is 2.92. The summed E-state index contributed by atoms with van der Waals surface area (Å²) in [5.41, 5.74) is 6.47. The number of hydrogen-bond acceptors (Lipinski definition) is 6. The second kappa shape index (κ2) is 7.27. The second-order valence-corrected chi connectivity index (χ2v) is 6.00. The minimum atomic E-state index is 0.428. The molecule has 0 radical (unpaired) electrons. The quantitative estimate of drug-likeness (QED) is 0.373. The predicted octanol–water partition coefficient (Wildman–Crippen LogP) is 3.67. The molecule has 4 aromatic rings. The summed E-state index contributed by atoms with van der Waals surface area (Å²) in [4.78, 5) is 9.29. The van der Waals surface area contributed by atoms with Gasteiger partial charge in [-0.2, -0.15) is 15.1 Å². The summed E-state index contributed by atoms with van der Waals surface area (Å²) in [5.74, 6) is 7.40. The first-order valence-electron chi connectivity index (χ1n) is 8.53. The van der Waals surface area contributed by atoms with Gasteiger partial charge in [-0.3, -0.25) is 0 Å². The third-order valence-corrected chi connectivity index (χ3v) is 4.19. The van der Waals surface area contributed by atoms with Crippen LogP contribution in [0.4, 0.5) is 17.5 Å². The lowest BCUT2D eigenvalue weighted by molar-refractivity contribution is 0.844. The van der Waals surface area contributed by atoms with Crippen molar-refractivity contribution in [1.82, 2.24) is 19.7 Å². The fraction of sp³-hybridized carbons (Fsp3) is 0.0500. The van der Waals surface area contributed by atoms with Crippen molar-refractivity contribution < 1.29 is 0 Å². The number of nitrogens with zero attached hydrogens (tertiary/aromatic N) is 4. The van der Waals surface area contributed by atoms with Crippen molar-refractivity contribution in [1.29, 1.82) is 0 Å². The van der Waals surface area contributed by atoms with Gasteiger partial charge in [0.2, 0.25) is 5.95 Å². The number of hydrazine groups is 1. The summed E-state index contributed by atoms with van der Waals surface area (Å²) in [7, 11) is 0. The Morgan fingerprint density at radius 1 is 0.926 bits per heavy atom. The molecule has 0 bridgehead atoms. The van der Waals surface area contributed by atoms with Crippen LogP contribution >= 0.6 is 0 Å². The molecule has 0 aliphatic heterocycles. The van der Waals surface area contributed by atoms with Gasteiger partial charge in [0.25, 0.3) is 0 Å². The van der Waals surface area contributed by atoms with Gasteiger partial charge in [-0.25, -0.2) is 10.5 Å². The highest BCUT2D eigenvalue weighted by Crippen LogP contribution is 2.34. The Morgan fingerprint density at radius 2 is 1.70 bits per heavy atom. The highest BCUT2D eigenvalue weighted by Gasteiger charge is 2.19. The van der Waals surface area contributed by atoms with E-state index in [1.165, 1.54) is 0 Å². The van der Waals surface area contributed by atoms with Crippen molar-refractivity contribution in [3.63, 3.8) is 0 Å². The van der Waals surface area contributed by atoms with Crippen LogP contribution in [0.2, 0.25) is 0 Å². The SMILES string of the molecule is Cc1ccccc1-c1c(NN)nc(Nc2ccccc2)nc1-n1cccn1. The number of rotatable bonds is 5. The lowest BCUT2D eigenvalue weighted by atomic mass is 10.0. The average Bonchev–Trinajstić information content (AvgIpc) is 3.23. The van der Waals surface area contributed by atoms with Crippen LogP contribution < -0.4 is 16.6 Å². The molecule has 2 aromatic carbocycles. The van der Waals surface area contributed by atoms with Crippen LogP contribution in [0.15, 0.2) is 73.1 Å². The first kappa shape index (κ1) is 16.7. The molecule has 27 heavy (non-hydrogen) atoms. The first-order valence-corrected chi connectivity index (χ1v) is 8.53. The molecule has 0 aliphatic carbocycles. The normalized spacial score (nSPS) is 10.6. The van der Waals surface area contributed by atoms with Crippen LogP contribution in [0, 0.1) is 6.92 Å². The molecule has 0 amide bonds. The van der Waals surface area contributed by atoms with E-state index in [9.17, 15) is 0 Å². The van der Waals surface area contributed by atoms with Crippen LogP contribution in [-0.2, 0) is 0 Å². The summed E-state index contributed by atoms with van der Waals surface area (Å²) in [6, 6.07) is 19.6. The Hall–Kier alpha value is -3.71. The number of aryl methyl sites for hydroxylation is 1. The van der Waals surface area contributed by atoms with Gasteiger partial charge in [0, 0.05) is 18.1 Å². The molecule has 0 saturated heterocycles. The summed E-state index contributed by atoms with van der Waals surface area (Å²) in [6.07, 6.45) is 3.56. The van der Waals surface area contributed by atoms with Crippen LogP contribution in [-0.4, -0.2) is 19.7 Å². The number of para-hydroxylation sites is 1. The van der Waals surface area contributed by atoms with Gasteiger partial charge < -0.3 is 10.7 Å². The zero-order valence-corrected chi connectivity index (χ0v) is 14.8. The number of aromatic nitrogens is 4. The van der Waals surface area contributed by atoms with E-state index in [0.717, 1.165) is 22.4 Å². The Kier molecular flexibility index (Phi) is 4.51. The van der Waals surface area contributed by atoms with E-state index >= 15 is 0 Å². The summed E-state index contributed by atoms with van der Waals surface area (Å²) in [5, 5.41) is 7.57. The Morgan fingerprint density at radius 3 is 2.41 bits per heavy atom. The van der Waals surface area contributed by atoms with E-state index in [0.29, 0.717) is 17.6 Å². The number of hydrogen-bond donors (Lipinski definition) is 3. The zero-order chi connectivity index (χ0) is 18.6. The van der Waals surface area contributed by atoms with E-state index in [-0.39, 0.29) is 0 Å². The first-order chi connectivity index (χ1) is 13.3. The van der Waals surface area contributed by atoms with E-state index < -0.39 is 0 Å². The zero-order valence-electron chi connectivity index (χ0n) is 14.8. The average molecular weight is 357 g/mol. The van der Waals surface area contributed by atoms with Crippen LogP contribution in [0.3, 0.4) is 0 Å². The Labute approximate surface area is 156 Å². The smallest absolute Gasteiger partial charge is 0.231 e. The van der Waals surface area contributed by atoms with Gasteiger partial charge in [0.1, 0.15) is 0 Å². The summed E-state index contributed by atoms with van der Waals surface area (Å²) < 4.78 is 1.71. The van der Waals surface area contributed by atoms with Gasteiger partial charge >= 0.3 is 0 Å². The van der Waals surface area contributed by atoms with Crippen molar-refractivity contribution in [2.75, 3.05) is 10.7 Å². The largest absolute Gasteiger partial charge is 0.324 e. The molecule has 0 atom stereocenters. The minimum Gasteiger partial charge on any atom is -0.324 e. The fourth-order valence-corrected chi connectivity index (χ4v) is 2.92. The second-order valence-electron chi connectivity index (χ2n) is 6.00.